The van der Waals surface area contributed by atoms with Gasteiger partial charge in [0.25, 0.3) is 0 Å². The summed E-state index contributed by atoms with van der Waals surface area (Å²) in [4.78, 5) is 1.43. The summed E-state index contributed by atoms with van der Waals surface area (Å²) in [5, 5.41) is 4.28. The molecule has 0 spiro atoms. The summed E-state index contributed by atoms with van der Waals surface area (Å²) in [6, 6.07) is 19.2. The Kier molecular flexibility index (Phi) is 4.58. The Hall–Kier alpha value is -0.960. The Labute approximate surface area is 136 Å². The van der Waals surface area contributed by atoms with Crippen molar-refractivity contribution < 1.29 is 0 Å². The van der Waals surface area contributed by atoms with Gasteiger partial charge in [0, 0.05) is 22.6 Å². The van der Waals surface area contributed by atoms with Crippen molar-refractivity contribution in [3.8, 4) is 0 Å². The maximum atomic E-state index is 6.25. The molecule has 1 aliphatic rings. The molecule has 0 aromatic heterocycles. The lowest BCUT2D eigenvalue weighted by molar-refractivity contribution is 0.409. The van der Waals surface area contributed by atoms with E-state index in [0.717, 1.165) is 13.0 Å². The van der Waals surface area contributed by atoms with Crippen LogP contribution in [0, 0.1) is 0 Å². The highest BCUT2D eigenvalue weighted by atomic mass is 35.5. The predicted octanol–water partition coefficient (Wildman–Crippen LogP) is 4.45. The summed E-state index contributed by atoms with van der Waals surface area (Å²) in [6.45, 7) is 3.15. The largest absolute Gasteiger partial charge is 0.305 e. The van der Waals surface area contributed by atoms with Crippen molar-refractivity contribution >= 4 is 23.4 Å². The zero-order valence-electron chi connectivity index (χ0n) is 12.2. The fourth-order valence-corrected chi connectivity index (χ4v) is 4.24. The van der Waals surface area contributed by atoms with E-state index >= 15 is 0 Å². The van der Waals surface area contributed by atoms with Crippen LogP contribution < -0.4 is 5.32 Å². The van der Waals surface area contributed by atoms with E-state index in [1.54, 1.807) is 0 Å². The minimum atomic E-state index is -0.169. The molecule has 1 N–H and O–H groups in total. The van der Waals surface area contributed by atoms with E-state index in [2.05, 4.69) is 60.8 Å². The van der Waals surface area contributed by atoms with Crippen molar-refractivity contribution in [3.63, 3.8) is 0 Å². The van der Waals surface area contributed by atoms with Gasteiger partial charge in [-0.1, -0.05) is 48.5 Å². The maximum absolute atomic E-state index is 6.25. The van der Waals surface area contributed by atoms with Crippen LogP contribution in [0.25, 0.3) is 0 Å². The molecule has 0 bridgehead atoms. The van der Waals surface area contributed by atoms with E-state index in [4.69, 9.17) is 11.6 Å². The highest BCUT2D eigenvalue weighted by Crippen LogP contribution is 2.36. The minimum Gasteiger partial charge on any atom is -0.305 e. The second kappa shape index (κ2) is 6.43. The Morgan fingerprint density at radius 2 is 1.86 bits per heavy atom. The normalized spacial score (nSPS) is 20.0. The maximum Gasteiger partial charge on any atom is 0.0543 e. The van der Waals surface area contributed by atoms with E-state index in [-0.39, 0.29) is 5.54 Å². The van der Waals surface area contributed by atoms with Crippen LogP contribution in [0.3, 0.4) is 0 Å². The molecule has 21 heavy (non-hydrogen) atoms. The van der Waals surface area contributed by atoms with E-state index in [0.29, 0.717) is 11.1 Å². The fourth-order valence-electron chi connectivity index (χ4n) is 2.74. The van der Waals surface area contributed by atoms with Crippen LogP contribution in [0.5, 0.6) is 0 Å². The first-order valence-electron chi connectivity index (χ1n) is 7.32. The van der Waals surface area contributed by atoms with Crippen LogP contribution in [0.1, 0.15) is 18.1 Å². The molecule has 2 aromatic rings. The van der Waals surface area contributed by atoms with Gasteiger partial charge in [-0.25, -0.2) is 0 Å². The number of thioether (sulfide) groups is 1. The van der Waals surface area contributed by atoms with Crippen molar-refractivity contribution in [2.24, 2.45) is 0 Å². The third-order valence-corrected chi connectivity index (χ3v) is 5.97. The molecule has 2 unspecified atom stereocenters. The van der Waals surface area contributed by atoms with Gasteiger partial charge in [0.2, 0.25) is 0 Å². The summed E-state index contributed by atoms with van der Waals surface area (Å²) in [5.74, 6) is 0.571. The number of fused-ring (bicyclic) bond motifs is 1. The topological polar surface area (TPSA) is 12.0 Å². The minimum absolute atomic E-state index is 0.169. The van der Waals surface area contributed by atoms with Crippen molar-refractivity contribution in [1.29, 1.82) is 0 Å². The quantitative estimate of drug-likeness (QED) is 0.818. The number of rotatable bonds is 5. The molecular formula is C18H20ClNS. The van der Waals surface area contributed by atoms with E-state index in [1.807, 2.05) is 17.8 Å². The zero-order chi connectivity index (χ0) is 14.7. The molecule has 0 amide bonds. The van der Waals surface area contributed by atoms with Crippen LogP contribution in [-0.2, 0) is 12.0 Å². The number of nitrogens with one attached hydrogen (secondary N) is 1. The number of alkyl halides is 1. The molecular weight excluding hydrogens is 298 g/mol. The average Bonchev–Trinajstić information content (AvgIpc) is 2.96. The summed E-state index contributed by atoms with van der Waals surface area (Å²) in [5.41, 5.74) is 2.56. The third kappa shape index (κ3) is 3.28. The molecule has 0 aliphatic carbocycles. The standard InChI is InChI=1S/C18H20ClNS/c1-18(13-19,15-8-3-2-4-9-15)20-12-16-11-14-7-5-6-10-17(14)21-16/h2-10,16,20H,11-13H2,1H3. The molecule has 0 saturated heterocycles. The first kappa shape index (κ1) is 15.0. The second-order valence-electron chi connectivity index (χ2n) is 5.76. The van der Waals surface area contributed by atoms with E-state index in [9.17, 15) is 0 Å². The molecule has 0 saturated carbocycles. The van der Waals surface area contributed by atoms with Crippen molar-refractivity contribution in [1.82, 2.24) is 5.32 Å². The van der Waals surface area contributed by atoms with Crippen LogP contribution in [0.2, 0.25) is 0 Å². The van der Waals surface area contributed by atoms with Crippen molar-refractivity contribution in [3.05, 3.63) is 65.7 Å². The molecule has 1 nitrogen and oxygen atoms in total. The van der Waals surface area contributed by atoms with Gasteiger partial charge in [-0.15, -0.1) is 23.4 Å². The first-order chi connectivity index (χ1) is 10.2. The lowest BCUT2D eigenvalue weighted by Gasteiger charge is -2.30. The van der Waals surface area contributed by atoms with Gasteiger partial charge in [0.1, 0.15) is 0 Å². The fraction of sp³-hybridized carbons (Fsp3) is 0.333. The molecule has 1 aliphatic heterocycles. The summed E-state index contributed by atoms with van der Waals surface area (Å²) >= 11 is 8.23. The Morgan fingerprint density at radius 1 is 1.14 bits per heavy atom. The predicted molar refractivity (Wildman–Crippen MR) is 92.3 cm³/mol. The van der Waals surface area contributed by atoms with Crippen LogP contribution in [0.15, 0.2) is 59.5 Å². The lowest BCUT2D eigenvalue weighted by atomic mass is 9.94. The SMILES string of the molecule is CC(CCl)(NCC1Cc2ccccc2S1)c1ccccc1. The molecule has 2 atom stereocenters. The van der Waals surface area contributed by atoms with Gasteiger partial charge < -0.3 is 5.32 Å². The molecule has 110 valence electrons. The average molecular weight is 318 g/mol. The van der Waals surface area contributed by atoms with Crippen LogP contribution in [0.4, 0.5) is 0 Å². The van der Waals surface area contributed by atoms with Crippen LogP contribution >= 0.6 is 23.4 Å². The van der Waals surface area contributed by atoms with E-state index in [1.165, 1.54) is 16.0 Å². The van der Waals surface area contributed by atoms with Crippen molar-refractivity contribution in [2.75, 3.05) is 12.4 Å². The molecule has 1 heterocycles. The first-order valence-corrected chi connectivity index (χ1v) is 8.74. The Bertz CT molecular complexity index is 576. The third-order valence-electron chi connectivity index (χ3n) is 4.11. The summed E-state index contributed by atoms with van der Waals surface area (Å²) in [7, 11) is 0. The monoisotopic (exact) mass is 317 g/mol. The molecule has 3 rings (SSSR count). The lowest BCUT2D eigenvalue weighted by Crippen LogP contribution is -2.44. The zero-order valence-corrected chi connectivity index (χ0v) is 13.8. The van der Waals surface area contributed by atoms with Gasteiger partial charge in [-0.2, -0.15) is 0 Å². The smallest absolute Gasteiger partial charge is 0.0543 e. The van der Waals surface area contributed by atoms with Gasteiger partial charge in [0.05, 0.1) is 5.54 Å². The van der Waals surface area contributed by atoms with Gasteiger partial charge >= 0.3 is 0 Å². The summed E-state index contributed by atoms with van der Waals surface area (Å²) in [6.07, 6.45) is 1.14. The molecule has 3 heteroatoms. The second-order valence-corrected chi connectivity index (χ2v) is 7.37. The molecule has 0 fully saturated rings. The number of benzene rings is 2. The number of hydrogen-bond acceptors (Lipinski definition) is 2. The van der Waals surface area contributed by atoms with Gasteiger partial charge in [-0.05, 0) is 30.5 Å². The Balaban J connectivity index is 1.65. The summed E-state index contributed by atoms with van der Waals surface area (Å²) < 4.78 is 0. The van der Waals surface area contributed by atoms with E-state index < -0.39 is 0 Å². The number of halogens is 1. The highest BCUT2D eigenvalue weighted by molar-refractivity contribution is 8.00. The van der Waals surface area contributed by atoms with Gasteiger partial charge in [-0.3, -0.25) is 0 Å². The van der Waals surface area contributed by atoms with Crippen LogP contribution in [-0.4, -0.2) is 17.7 Å². The number of hydrogen-bond donors (Lipinski definition) is 1. The Morgan fingerprint density at radius 3 is 2.57 bits per heavy atom. The highest BCUT2D eigenvalue weighted by Gasteiger charge is 2.28. The van der Waals surface area contributed by atoms with Crippen molar-refractivity contribution in [2.45, 2.75) is 29.0 Å². The van der Waals surface area contributed by atoms with Gasteiger partial charge in [0.15, 0.2) is 0 Å². The molecule has 0 radical (unpaired) electrons. The molecule has 2 aromatic carbocycles.